The van der Waals surface area contributed by atoms with Crippen LogP contribution in [0.4, 0.5) is 5.82 Å². The number of nitrogens with zero attached hydrogens (tertiary/aromatic N) is 3. The number of aromatic nitrogens is 2. The highest BCUT2D eigenvalue weighted by Crippen LogP contribution is 2.08. The lowest BCUT2D eigenvalue weighted by molar-refractivity contribution is 0.0362. The van der Waals surface area contributed by atoms with Gasteiger partial charge in [0.05, 0.1) is 13.2 Å². The third-order valence-corrected chi connectivity index (χ3v) is 5.07. The molecule has 2 aromatic heterocycles. The van der Waals surface area contributed by atoms with Crippen LogP contribution in [0.25, 0.3) is 0 Å². The second kappa shape index (κ2) is 10.2. The molecule has 3 rings (SSSR count). The van der Waals surface area contributed by atoms with E-state index in [9.17, 15) is 9.59 Å². The summed E-state index contributed by atoms with van der Waals surface area (Å²) in [7, 11) is 0. The zero-order chi connectivity index (χ0) is 20.6. The van der Waals surface area contributed by atoms with Crippen molar-refractivity contribution in [1.82, 2.24) is 19.8 Å². The number of anilines is 1. The molecule has 156 valence electrons. The molecule has 0 atom stereocenters. The van der Waals surface area contributed by atoms with Gasteiger partial charge in [0, 0.05) is 51.7 Å². The van der Waals surface area contributed by atoms with E-state index < -0.39 is 0 Å². The van der Waals surface area contributed by atoms with Crippen LogP contribution in [0.2, 0.25) is 0 Å². The Bertz CT molecular complexity index is 890. The first-order chi connectivity index (χ1) is 14.1. The van der Waals surface area contributed by atoms with Crippen LogP contribution in [0.15, 0.2) is 35.4 Å². The number of morpholine rings is 1. The average Bonchev–Trinajstić information content (AvgIpc) is 2.72. The SMILES string of the molecule is Cc1cccnc1NCCNC(=O)c1c(C)ccn(CCN2CCOCC2)c1=O. The number of carbonyl (C=O) groups excluding carboxylic acids is 1. The van der Waals surface area contributed by atoms with Gasteiger partial charge in [0.25, 0.3) is 11.5 Å². The van der Waals surface area contributed by atoms with Crippen molar-refractivity contribution in [2.24, 2.45) is 0 Å². The van der Waals surface area contributed by atoms with E-state index in [4.69, 9.17) is 4.74 Å². The first-order valence-corrected chi connectivity index (χ1v) is 10.00. The molecular weight excluding hydrogens is 370 g/mol. The zero-order valence-corrected chi connectivity index (χ0v) is 17.1. The summed E-state index contributed by atoms with van der Waals surface area (Å²) in [4.78, 5) is 32.0. The summed E-state index contributed by atoms with van der Waals surface area (Å²) >= 11 is 0. The molecule has 0 bridgehead atoms. The summed E-state index contributed by atoms with van der Waals surface area (Å²) in [5.41, 5.74) is 1.69. The second-order valence-corrected chi connectivity index (χ2v) is 7.18. The van der Waals surface area contributed by atoms with Gasteiger partial charge in [-0.3, -0.25) is 14.5 Å². The number of pyridine rings is 2. The molecule has 8 heteroatoms. The lowest BCUT2D eigenvalue weighted by Crippen LogP contribution is -2.40. The molecule has 1 aliphatic rings. The molecule has 2 N–H and O–H groups in total. The topological polar surface area (TPSA) is 88.5 Å². The highest BCUT2D eigenvalue weighted by molar-refractivity contribution is 5.95. The van der Waals surface area contributed by atoms with E-state index in [0.717, 1.165) is 44.2 Å². The molecule has 8 nitrogen and oxygen atoms in total. The van der Waals surface area contributed by atoms with Crippen LogP contribution < -0.4 is 16.2 Å². The Labute approximate surface area is 170 Å². The fourth-order valence-corrected chi connectivity index (χ4v) is 3.31. The van der Waals surface area contributed by atoms with Crippen molar-refractivity contribution in [3.63, 3.8) is 0 Å². The molecule has 1 saturated heterocycles. The zero-order valence-electron chi connectivity index (χ0n) is 17.1. The minimum absolute atomic E-state index is 0.212. The van der Waals surface area contributed by atoms with Gasteiger partial charge in [0.15, 0.2) is 0 Å². The third kappa shape index (κ3) is 5.65. The highest BCUT2D eigenvalue weighted by Gasteiger charge is 2.16. The number of rotatable bonds is 8. The first-order valence-electron chi connectivity index (χ1n) is 10.00. The van der Waals surface area contributed by atoms with Gasteiger partial charge in [-0.2, -0.15) is 0 Å². The van der Waals surface area contributed by atoms with Crippen LogP contribution in [0.5, 0.6) is 0 Å². The third-order valence-electron chi connectivity index (χ3n) is 5.07. The molecular formula is C21H29N5O3. The van der Waals surface area contributed by atoms with Gasteiger partial charge in [0.2, 0.25) is 0 Å². The average molecular weight is 399 g/mol. The number of carbonyl (C=O) groups is 1. The fourth-order valence-electron chi connectivity index (χ4n) is 3.31. The maximum absolute atomic E-state index is 12.8. The predicted molar refractivity (Wildman–Crippen MR) is 112 cm³/mol. The van der Waals surface area contributed by atoms with Crippen LogP contribution >= 0.6 is 0 Å². The highest BCUT2D eigenvalue weighted by atomic mass is 16.5. The summed E-state index contributed by atoms with van der Waals surface area (Å²) in [6.45, 7) is 9.20. The molecule has 0 aromatic carbocycles. The molecule has 29 heavy (non-hydrogen) atoms. The lowest BCUT2D eigenvalue weighted by atomic mass is 10.1. The fraction of sp³-hybridized carbons (Fsp3) is 0.476. The smallest absolute Gasteiger partial charge is 0.263 e. The molecule has 0 unspecified atom stereocenters. The Morgan fingerprint density at radius 2 is 1.93 bits per heavy atom. The monoisotopic (exact) mass is 399 g/mol. The Morgan fingerprint density at radius 3 is 2.69 bits per heavy atom. The van der Waals surface area contributed by atoms with Crippen molar-refractivity contribution in [1.29, 1.82) is 0 Å². The number of hydrogen-bond acceptors (Lipinski definition) is 6. The Morgan fingerprint density at radius 1 is 1.14 bits per heavy atom. The summed E-state index contributed by atoms with van der Waals surface area (Å²) in [6.07, 6.45) is 3.49. The number of ether oxygens (including phenoxy) is 1. The van der Waals surface area contributed by atoms with Gasteiger partial charge in [-0.1, -0.05) is 6.07 Å². The molecule has 2 aromatic rings. The quantitative estimate of drug-likeness (QED) is 0.645. The summed E-state index contributed by atoms with van der Waals surface area (Å²) < 4.78 is 6.97. The molecule has 3 heterocycles. The summed E-state index contributed by atoms with van der Waals surface area (Å²) in [5, 5.41) is 6.03. The maximum Gasteiger partial charge on any atom is 0.263 e. The molecule has 0 spiro atoms. The van der Waals surface area contributed by atoms with Gasteiger partial charge in [-0.15, -0.1) is 0 Å². The first kappa shape index (κ1) is 21.0. The molecule has 1 aliphatic heterocycles. The van der Waals surface area contributed by atoms with Gasteiger partial charge in [0.1, 0.15) is 11.4 Å². The normalized spacial score (nSPS) is 14.6. The van der Waals surface area contributed by atoms with Crippen LogP contribution in [-0.2, 0) is 11.3 Å². The van der Waals surface area contributed by atoms with Gasteiger partial charge < -0.3 is 19.9 Å². The Balaban J connectivity index is 1.56. The predicted octanol–water partition coefficient (Wildman–Crippen LogP) is 1.03. The van der Waals surface area contributed by atoms with Crippen LogP contribution in [0, 0.1) is 13.8 Å². The standard InChI is InChI=1S/C21H29N5O3/c1-16-5-9-26(11-10-25-12-14-29-15-13-25)21(28)18(16)20(27)24-8-7-23-19-17(2)4-3-6-22-19/h3-6,9H,7-8,10-15H2,1-2H3,(H,22,23)(H,24,27). The van der Waals surface area contributed by atoms with Gasteiger partial charge in [-0.05, 0) is 37.1 Å². The van der Waals surface area contributed by atoms with Gasteiger partial charge in [-0.25, -0.2) is 4.98 Å². The van der Waals surface area contributed by atoms with E-state index in [2.05, 4.69) is 20.5 Å². The molecule has 1 fully saturated rings. The number of amides is 1. The van der Waals surface area contributed by atoms with E-state index in [1.165, 1.54) is 0 Å². The van der Waals surface area contributed by atoms with Crippen molar-refractivity contribution < 1.29 is 9.53 Å². The molecule has 1 amide bonds. The van der Waals surface area contributed by atoms with E-state index >= 15 is 0 Å². The summed E-state index contributed by atoms with van der Waals surface area (Å²) in [6, 6.07) is 5.68. The molecule has 0 radical (unpaired) electrons. The van der Waals surface area contributed by atoms with Crippen molar-refractivity contribution in [3.05, 3.63) is 57.6 Å². The van der Waals surface area contributed by atoms with Crippen LogP contribution in [0.3, 0.4) is 0 Å². The van der Waals surface area contributed by atoms with E-state index in [1.807, 2.05) is 25.1 Å². The minimum atomic E-state index is -0.340. The lowest BCUT2D eigenvalue weighted by Gasteiger charge is -2.26. The van der Waals surface area contributed by atoms with E-state index in [1.54, 1.807) is 23.9 Å². The van der Waals surface area contributed by atoms with Crippen molar-refractivity contribution in [2.75, 3.05) is 51.3 Å². The maximum atomic E-state index is 12.8. The largest absolute Gasteiger partial charge is 0.379 e. The van der Waals surface area contributed by atoms with Crippen LogP contribution in [0.1, 0.15) is 21.5 Å². The molecule has 0 saturated carbocycles. The van der Waals surface area contributed by atoms with Crippen LogP contribution in [-0.4, -0.2) is 66.3 Å². The van der Waals surface area contributed by atoms with Gasteiger partial charge >= 0.3 is 0 Å². The second-order valence-electron chi connectivity index (χ2n) is 7.18. The number of hydrogen-bond donors (Lipinski definition) is 2. The molecule has 0 aliphatic carbocycles. The number of aryl methyl sites for hydroxylation is 2. The van der Waals surface area contributed by atoms with Crippen molar-refractivity contribution >= 4 is 11.7 Å². The minimum Gasteiger partial charge on any atom is -0.379 e. The van der Waals surface area contributed by atoms with Crippen molar-refractivity contribution in [3.8, 4) is 0 Å². The van der Waals surface area contributed by atoms with Crippen molar-refractivity contribution in [2.45, 2.75) is 20.4 Å². The Hall–Kier alpha value is -2.71. The summed E-state index contributed by atoms with van der Waals surface area (Å²) in [5.74, 6) is 0.455. The number of nitrogens with one attached hydrogen (secondary N) is 2. The Kier molecular flexibility index (Phi) is 7.37. The van der Waals surface area contributed by atoms with E-state index in [-0.39, 0.29) is 17.0 Å². The van der Waals surface area contributed by atoms with E-state index in [0.29, 0.717) is 25.2 Å².